The van der Waals surface area contributed by atoms with Crippen LogP contribution in [-0.2, 0) is 32.7 Å². The van der Waals surface area contributed by atoms with E-state index in [1.54, 1.807) is 0 Å². The van der Waals surface area contributed by atoms with Crippen LogP contribution in [0.3, 0.4) is 0 Å². The van der Waals surface area contributed by atoms with Crippen LogP contribution in [0.25, 0.3) is 0 Å². The Kier molecular flexibility index (Phi) is 68.0. The number of hydrogen-bond acceptors (Lipinski definition) is 8. The molecule has 92 heavy (non-hydrogen) atoms. The molecule has 0 N–H and O–H groups in total. The van der Waals surface area contributed by atoms with Crippen LogP contribution in [0.2, 0.25) is 0 Å². The van der Waals surface area contributed by atoms with Gasteiger partial charge in [0.25, 0.3) is 7.82 Å². The van der Waals surface area contributed by atoms with Gasteiger partial charge in [-0.15, -0.1) is 0 Å². The summed E-state index contributed by atoms with van der Waals surface area (Å²) < 4.78 is 34.4. The summed E-state index contributed by atoms with van der Waals surface area (Å²) in [5.41, 5.74) is 0. The second kappa shape index (κ2) is 71.2. The second-order valence-corrected chi connectivity index (χ2v) is 27.3. The average molecular weight is 1300 g/mol. The summed E-state index contributed by atoms with van der Waals surface area (Å²) in [6.45, 7) is 4.02. The molecule has 526 valence electrons. The van der Waals surface area contributed by atoms with Crippen LogP contribution in [0.1, 0.15) is 309 Å². The molecule has 0 aliphatic rings. The van der Waals surface area contributed by atoms with E-state index in [1.807, 2.05) is 21.1 Å². The number of ether oxygens (including phenoxy) is 2. The first kappa shape index (κ1) is 87.9. The van der Waals surface area contributed by atoms with Crippen molar-refractivity contribution in [1.29, 1.82) is 0 Å². The largest absolute Gasteiger partial charge is 0.756 e. The van der Waals surface area contributed by atoms with Crippen LogP contribution in [-0.4, -0.2) is 70.0 Å². The van der Waals surface area contributed by atoms with E-state index in [4.69, 9.17) is 18.5 Å². The highest BCUT2D eigenvalue weighted by molar-refractivity contribution is 7.45. The van der Waals surface area contributed by atoms with Crippen LogP contribution >= 0.6 is 7.82 Å². The van der Waals surface area contributed by atoms with Crippen molar-refractivity contribution >= 4 is 19.8 Å². The smallest absolute Gasteiger partial charge is 0.306 e. The molecule has 0 aliphatic heterocycles. The molecule has 0 amide bonds. The lowest BCUT2D eigenvalue weighted by Gasteiger charge is -2.28. The summed E-state index contributed by atoms with van der Waals surface area (Å²) >= 11 is 0. The first-order valence-electron chi connectivity index (χ1n) is 37.5. The molecule has 10 heteroatoms. The molecule has 0 aliphatic carbocycles. The van der Waals surface area contributed by atoms with Crippen molar-refractivity contribution in [1.82, 2.24) is 0 Å². The number of rotatable bonds is 68. The number of likely N-dealkylation sites (N-methyl/N-ethyl adjacent to an activating group) is 1. The van der Waals surface area contributed by atoms with E-state index in [-0.39, 0.29) is 32.0 Å². The van der Waals surface area contributed by atoms with Crippen molar-refractivity contribution in [2.75, 3.05) is 47.5 Å². The number of unbranched alkanes of at least 4 members (excludes halogenated alkanes) is 30. The Morgan fingerprint density at radius 1 is 0.337 bits per heavy atom. The molecule has 9 nitrogen and oxygen atoms in total. The van der Waals surface area contributed by atoms with Crippen LogP contribution in [0, 0.1) is 0 Å². The lowest BCUT2D eigenvalue weighted by atomic mass is 10.0. The molecule has 0 rings (SSSR count). The van der Waals surface area contributed by atoms with Crippen LogP contribution in [0.15, 0.2) is 146 Å². The molecule has 0 bridgehead atoms. The molecule has 0 aromatic carbocycles. The first-order valence-corrected chi connectivity index (χ1v) is 39.0. The highest BCUT2D eigenvalue weighted by Crippen LogP contribution is 2.38. The minimum atomic E-state index is -4.65. The maximum atomic E-state index is 12.9. The summed E-state index contributed by atoms with van der Waals surface area (Å²) in [6, 6.07) is 0. The molecule has 0 saturated carbocycles. The molecular weight excluding hydrogens is 1160 g/mol. The average Bonchev–Trinajstić information content (AvgIpc) is 2.14. The van der Waals surface area contributed by atoms with Gasteiger partial charge in [0.2, 0.25) is 0 Å². The van der Waals surface area contributed by atoms with Gasteiger partial charge < -0.3 is 27.9 Å². The zero-order valence-corrected chi connectivity index (χ0v) is 60.8. The Morgan fingerprint density at radius 3 is 0.870 bits per heavy atom. The highest BCUT2D eigenvalue weighted by atomic mass is 31.2. The van der Waals surface area contributed by atoms with Gasteiger partial charge in [-0.05, 0) is 116 Å². The molecule has 2 unspecified atom stereocenters. The van der Waals surface area contributed by atoms with Gasteiger partial charge in [0.05, 0.1) is 27.7 Å². The maximum Gasteiger partial charge on any atom is 0.306 e. The molecule has 0 spiro atoms. The van der Waals surface area contributed by atoms with Crippen LogP contribution < -0.4 is 4.89 Å². The molecular formula is C82H140NO8P. The second-order valence-electron chi connectivity index (χ2n) is 25.9. The van der Waals surface area contributed by atoms with Crippen molar-refractivity contribution in [3.8, 4) is 0 Å². The predicted molar refractivity (Wildman–Crippen MR) is 397 cm³/mol. The molecule has 0 aromatic heterocycles. The van der Waals surface area contributed by atoms with Crippen LogP contribution in [0.4, 0.5) is 0 Å². The Morgan fingerprint density at radius 2 is 0.587 bits per heavy atom. The number of phosphoric acid groups is 1. The summed E-state index contributed by atoms with van der Waals surface area (Å²) in [5.74, 6) is -0.835. The van der Waals surface area contributed by atoms with Gasteiger partial charge in [-0.2, -0.15) is 0 Å². The first-order chi connectivity index (χ1) is 45.0. The van der Waals surface area contributed by atoms with Gasteiger partial charge in [0, 0.05) is 12.8 Å². The number of nitrogens with zero attached hydrogens (tertiary/aromatic N) is 1. The SMILES string of the molecule is CC/C=C\C/C=C\C/C=C\C/C=C\C/C=C\C/C=C\CCCCCCCCCCCCCCCCCCCCCCC(=O)OC(COC(=O)CCCCCCCCCCCC/C=C\C/C=C\C/C=C\C/C=C\C/C=C\C/C=C\CC)COP(=O)([O-])OCC[N+](C)(C)C. The third-order valence-electron chi connectivity index (χ3n) is 15.9. The minimum absolute atomic E-state index is 0.0361. The van der Waals surface area contributed by atoms with Crippen molar-refractivity contribution in [2.24, 2.45) is 0 Å². The molecule has 0 aromatic rings. The van der Waals surface area contributed by atoms with Crippen molar-refractivity contribution < 1.29 is 42.1 Å². The Hall–Kier alpha value is -4.11. The van der Waals surface area contributed by atoms with Gasteiger partial charge in [0.15, 0.2) is 6.10 Å². The third-order valence-corrected chi connectivity index (χ3v) is 16.8. The molecule has 0 heterocycles. The fraction of sp³-hybridized carbons (Fsp3) is 0.683. The Bertz CT molecular complexity index is 2070. The van der Waals surface area contributed by atoms with Gasteiger partial charge in [-0.1, -0.05) is 327 Å². The van der Waals surface area contributed by atoms with Crippen molar-refractivity contribution in [3.63, 3.8) is 0 Å². The normalized spacial score (nSPS) is 13.9. The number of phosphoric ester groups is 1. The van der Waals surface area contributed by atoms with E-state index in [2.05, 4.69) is 160 Å². The van der Waals surface area contributed by atoms with E-state index in [9.17, 15) is 19.0 Å². The number of carbonyl (C=O) groups is 2. The van der Waals surface area contributed by atoms with E-state index < -0.39 is 26.5 Å². The molecule has 0 fully saturated rings. The standard InChI is InChI=1S/C82H140NO8P/c1-6-8-10-12-14-16-18-20-22-24-26-28-30-32-34-36-37-38-39-40-41-42-43-44-45-47-49-51-53-55-57-59-61-63-65-67-69-71-73-75-82(85)91-80(79-90-92(86,87)89-77-76-83(3,4)5)78-88-81(84)74-72-70-68-66-64-62-60-58-56-54-52-50-48-46-35-33-31-29-27-25-23-21-19-17-15-13-11-9-7-2/h8-11,14-17,20-23,26-29,32-35,37-38,48,50,80H,6-7,12-13,18-19,24-25,30-31,36,39-47,49,51-79H2,1-5H3/b10-8-,11-9-,16-14-,17-15-,22-20-,23-21-,28-26-,29-27-,34-32-,35-33-,38-37-,50-48-. The summed E-state index contributed by atoms with van der Waals surface area (Å²) in [6.07, 6.45) is 105. The van der Waals surface area contributed by atoms with E-state index in [0.29, 0.717) is 17.4 Å². The summed E-state index contributed by atoms with van der Waals surface area (Å²) in [4.78, 5) is 38.1. The molecule has 0 saturated heterocycles. The van der Waals surface area contributed by atoms with Gasteiger partial charge in [-0.3, -0.25) is 14.2 Å². The quantitative estimate of drug-likeness (QED) is 0.0195. The van der Waals surface area contributed by atoms with Crippen molar-refractivity contribution in [3.05, 3.63) is 146 Å². The Labute approximate surface area is 567 Å². The van der Waals surface area contributed by atoms with Gasteiger partial charge in [-0.25, -0.2) is 0 Å². The Balaban J connectivity index is 4.01. The zero-order valence-electron chi connectivity index (χ0n) is 59.9. The van der Waals surface area contributed by atoms with E-state index in [1.165, 1.54) is 148 Å². The number of allylic oxidation sites excluding steroid dienone is 24. The summed E-state index contributed by atoms with van der Waals surface area (Å²) in [5, 5.41) is 0. The monoisotopic (exact) mass is 1300 g/mol. The van der Waals surface area contributed by atoms with E-state index in [0.717, 1.165) is 128 Å². The zero-order chi connectivity index (χ0) is 66.9. The summed E-state index contributed by atoms with van der Waals surface area (Å²) in [7, 11) is 1.16. The molecule has 2 atom stereocenters. The molecule has 0 radical (unpaired) electrons. The van der Waals surface area contributed by atoms with Gasteiger partial charge >= 0.3 is 11.9 Å². The maximum absolute atomic E-state index is 12.9. The predicted octanol–water partition coefficient (Wildman–Crippen LogP) is 24.3. The highest BCUT2D eigenvalue weighted by Gasteiger charge is 2.22. The minimum Gasteiger partial charge on any atom is -0.756 e. The number of quaternary nitrogens is 1. The van der Waals surface area contributed by atoms with Gasteiger partial charge in [0.1, 0.15) is 19.8 Å². The van der Waals surface area contributed by atoms with E-state index >= 15 is 0 Å². The lowest BCUT2D eigenvalue weighted by molar-refractivity contribution is -0.870. The fourth-order valence-electron chi connectivity index (χ4n) is 10.2. The lowest BCUT2D eigenvalue weighted by Crippen LogP contribution is -2.37. The number of esters is 2. The number of carbonyl (C=O) groups excluding carboxylic acids is 2. The fourth-order valence-corrected chi connectivity index (χ4v) is 10.9. The van der Waals surface area contributed by atoms with Crippen molar-refractivity contribution in [2.45, 2.75) is 315 Å². The number of hydrogen-bond donors (Lipinski definition) is 0. The topological polar surface area (TPSA) is 111 Å². The third kappa shape index (κ3) is 74.9. The van der Waals surface area contributed by atoms with Crippen LogP contribution in [0.5, 0.6) is 0 Å².